The maximum absolute atomic E-state index is 12.5. The first-order valence-electron chi connectivity index (χ1n) is 6.74. The molecule has 0 spiro atoms. The second kappa shape index (κ2) is 5.74. The summed E-state index contributed by atoms with van der Waals surface area (Å²) in [5.41, 5.74) is -0.817. The molecule has 0 radical (unpaired) electrons. The van der Waals surface area contributed by atoms with Crippen molar-refractivity contribution < 1.29 is 23.0 Å². The summed E-state index contributed by atoms with van der Waals surface area (Å²) in [6.07, 6.45) is -0.935. The van der Waals surface area contributed by atoms with Crippen LogP contribution in [-0.2, 0) is 17.3 Å². The topological polar surface area (TPSA) is 29.5 Å². The molecule has 1 aliphatic carbocycles. The summed E-state index contributed by atoms with van der Waals surface area (Å²) in [5.74, 6) is 0. The Balaban J connectivity index is 2.06. The molecule has 0 amide bonds. The third kappa shape index (κ3) is 3.73. The van der Waals surface area contributed by atoms with E-state index in [1.54, 1.807) is 7.11 Å². The fourth-order valence-corrected chi connectivity index (χ4v) is 2.84. The number of methoxy groups -OCH3 is 1. The molecular formula is C15H19F3O2. The van der Waals surface area contributed by atoms with Crippen LogP contribution in [0.2, 0.25) is 0 Å². The highest BCUT2D eigenvalue weighted by Gasteiger charge is 2.35. The number of alkyl halides is 3. The Hall–Kier alpha value is -1.07. The van der Waals surface area contributed by atoms with Crippen LogP contribution in [0.3, 0.4) is 0 Å². The summed E-state index contributed by atoms with van der Waals surface area (Å²) in [4.78, 5) is 0. The SMILES string of the molecule is COC1CCCC(O)(Cc2ccc(C(F)(F)F)cc2)C1. The molecule has 0 aliphatic heterocycles. The predicted molar refractivity (Wildman–Crippen MR) is 69.4 cm³/mol. The molecular weight excluding hydrogens is 269 g/mol. The average Bonchev–Trinajstić information content (AvgIpc) is 2.37. The van der Waals surface area contributed by atoms with Gasteiger partial charge in [-0.25, -0.2) is 0 Å². The standard InChI is InChI=1S/C15H19F3O2/c1-20-13-3-2-8-14(19,10-13)9-11-4-6-12(7-5-11)15(16,17)18/h4-7,13,19H,2-3,8-10H2,1H3. The summed E-state index contributed by atoms with van der Waals surface area (Å²) >= 11 is 0. The molecule has 1 aromatic carbocycles. The van der Waals surface area contributed by atoms with Gasteiger partial charge in [-0.2, -0.15) is 13.2 Å². The first kappa shape index (κ1) is 15.3. The van der Waals surface area contributed by atoms with Crippen molar-refractivity contribution in [3.8, 4) is 0 Å². The van der Waals surface area contributed by atoms with E-state index in [1.165, 1.54) is 12.1 Å². The maximum Gasteiger partial charge on any atom is 0.416 e. The smallest absolute Gasteiger partial charge is 0.389 e. The van der Waals surface area contributed by atoms with Crippen LogP contribution in [0.25, 0.3) is 0 Å². The van der Waals surface area contributed by atoms with Crippen LogP contribution in [-0.4, -0.2) is 23.9 Å². The maximum atomic E-state index is 12.5. The van der Waals surface area contributed by atoms with Crippen molar-refractivity contribution in [2.24, 2.45) is 0 Å². The molecule has 2 rings (SSSR count). The molecule has 0 bridgehead atoms. The van der Waals surface area contributed by atoms with Gasteiger partial charge >= 0.3 is 6.18 Å². The molecule has 0 aromatic heterocycles. The molecule has 1 fully saturated rings. The van der Waals surface area contributed by atoms with E-state index < -0.39 is 17.3 Å². The third-order valence-corrected chi connectivity index (χ3v) is 3.92. The van der Waals surface area contributed by atoms with Gasteiger partial charge in [0, 0.05) is 20.0 Å². The van der Waals surface area contributed by atoms with Crippen LogP contribution in [0.5, 0.6) is 0 Å². The molecule has 0 heterocycles. The van der Waals surface area contributed by atoms with Gasteiger partial charge in [-0.3, -0.25) is 0 Å². The van der Waals surface area contributed by atoms with E-state index in [2.05, 4.69) is 0 Å². The minimum atomic E-state index is -4.32. The number of benzene rings is 1. The highest BCUT2D eigenvalue weighted by atomic mass is 19.4. The van der Waals surface area contributed by atoms with E-state index >= 15 is 0 Å². The van der Waals surface area contributed by atoms with Crippen molar-refractivity contribution in [2.75, 3.05) is 7.11 Å². The van der Waals surface area contributed by atoms with Crippen LogP contribution in [0.1, 0.15) is 36.8 Å². The summed E-state index contributed by atoms with van der Waals surface area (Å²) in [5, 5.41) is 10.6. The van der Waals surface area contributed by atoms with E-state index in [-0.39, 0.29) is 6.10 Å². The van der Waals surface area contributed by atoms with Crippen LogP contribution in [0.15, 0.2) is 24.3 Å². The first-order chi connectivity index (χ1) is 9.32. The van der Waals surface area contributed by atoms with Crippen LogP contribution >= 0.6 is 0 Å². The third-order valence-electron chi connectivity index (χ3n) is 3.92. The van der Waals surface area contributed by atoms with Crippen LogP contribution < -0.4 is 0 Å². The molecule has 1 N–H and O–H groups in total. The van der Waals surface area contributed by atoms with Crippen molar-refractivity contribution in [1.29, 1.82) is 0 Å². The van der Waals surface area contributed by atoms with Crippen molar-refractivity contribution in [3.63, 3.8) is 0 Å². The highest BCUT2D eigenvalue weighted by Crippen LogP contribution is 2.34. The van der Waals surface area contributed by atoms with Gasteiger partial charge in [0.25, 0.3) is 0 Å². The Morgan fingerprint density at radius 2 is 1.95 bits per heavy atom. The number of hydrogen-bond acceptors (Lipinski definition) is 2. The van der Waals surface area contributed by atoms with Gasteiger partial charge in [0.05, 0.1) is 17.3 Å². The molecule has 1 saturated carbocycles. The zero-order chi connectivity index (χ0) is 14.8. The van der Waals surface area contributed by atoms with Gasteiger partial charge < -0.3 is 9.84 Å². The fraction of sp³-hybridized carbons (Fsp3) is 0.600. The van der Waals surface area contributed by atoms with E-state index in [9.17, 15) is 18.3 Å². The number of hydrogen-bond donors (Lipinski definition) is 1. The lowest BCUT2D eigenvalue weighted by Gasteiger charge is -2.36. The molecule has 0 saturated heterocycles. The summed E-state index contributed by atoms with van der Waals surface area (Å²) < 4.78 is 42.7. The van der Waals surface area contributed by atoms with E-state index in [4.69, 9.17) is 4.74 Å². The van der Waals surface area contributed by atoms with E-state index in [0.717, 1.165) is 30.5 Å². The van der Waals surface area contributed by atoms with Crippen LogP contribution in [0.4, 0.5) is 13.2 Å². The van der Waals surface area contributed by atoms with Crippen LogP contribution in [0, 0.1) is 0 Å². The minimum absolute atomic E-state index is 0.0307. The summed E-state index contributed by atoms with van der Waals surface area (Å²) in [7, 11) is 1.62. The predicted octanol–water partition coefficient (Wildman–Crippen LogP) is 3.57. The lowest BCUT2D eigenvalue weighted by molar-refractivity contribution is -0.137. The highest BCUT2D eigenvalue weighted by molar-refractivity contribution is 5.25. The Morgan fingerprint density at radius 3 is 2.50 bits per heavy atom. The van der Waals surface area contributed by atoms with Gasteiger partial charge in [0.15, 0.2) is 0 Å². The lowest BCUT2D eigenvalue weighted by atomic mass is 9.79. The zero-order valence-corrected chi connectivity index (χ0v) is 11.4. The first-order valence-corrected chi connectivity index (χ1v) is 6.74. The van der Waals surface area contributed by atoms with Gasteiger partial charge in [-0.15, -0.1) is 0 Å². The normalized spacial score (nSPS) is 27.6. The molecule has 2 unspecified atom stereocenters. The Kier molecular flexibility index (Phi) is 4.39. The summed E-state index contributed by atoms with van der Waals surface area (Å²) in [6.45, 7) is 0. The van der Waals surface area contributed by atoms with E-state index in [0.29, 0.717) is 19.3 Å². The average molecular weight is 288 g/mol. The lowest BCUT2D eigenvalue weighted by Crippen LogP contribution is -2.40. The summed E-state index contributed by atoms with van der Waals surface area (Å²) in [6, 6.07) is 5.01. The quantitative estimate of drug-likeness (QED) is 0.921. The van der Waals surface area contributed by atoms with Gasteiger partial charge in [0.2, 0.25) is 0 Å². The van der Waals surface area contributed by atoms with Crippen molar-refractivity contribution in [3.05, 3.63) is 35.4 Å². The number of ether oxygens (including phenoxy) is 1. The molecule has 20 heavy (non-hydrogen) atoms. The van der Waals surface area contributed by atoms with Gasteiger partial charge in [-0.1, -0.05) is 12.1 Å². The second-order valence-electron chi connectivity index (χ2n) is 5.55. The van der Waals surface area contributed by atoms with Gasteiger partial charge in [0.1, 0.15) is 0 Å². The Bertz CT molecular complexity index is 441. The minimum Gasteiger partial charge on any atom is -0.389 e. The molecule has 112 valence electrons. The second-order valence-corrected chi connectivity index (χ2v) is 5.55. The molecule has 1 aromatic rings. The van der Waals surface area contributed by atoms with Gasteiger partial charge in [-0.05, 0) is 37.0 Å². The monoisotopic (exact) mass is 288 g/mol. The number of halogens is 3. The van der Waals surface area contributed by atoms with Crippen molar-refractivity contribution >= 4 is 0 Å². The Labute approximate surface area is 116 Å². The molecule has 5 heteroatoms. The number of rotatable bonds is 3. The Morgan fingerprint density at radius 1 is 1.30 bits per heavy atom. The van der Waals surface area contributed by atoms with E-state index in [1.807, 2.05) is 0 Å². The fourth-order valence-electron chi connectivity index (χ4n) is 2.84. The van der Waals surface area contributed by atoms with Crippen molar-refractivity contribution in [2.45, 2.75) is 50.0 Å². The molecule has 2 nitrogen and oxygen atoms in total. The number of aliphatic hydroxyl groups is 1. The van der Waals surface area contributed by atoms with Crippen molar-refractivity contribution in [1.82, 2.24) is 0 Å². The largest absolute Gasteiger partial charge is 0.416 e. The molecule has 1 aliphatic rings. The molecule has 2 atom stereocenters. The zero-order valence-electron chi connectivity index (χ0n) is 11.4.